The largest absolute Gasteiger partial charge is 0.490 e. The van der Waals surface area contributed by atoms with E-state index in [9.17, 15) is 4.79 Å². The summed E-state index contributed by atoms with van der Waals surface area (Å²) in [6.07, 6.45) is 1.84. The molecule has 2 rings (SSSR count). The third kappa shape index (κ3) is 1.37. The van der Waals surface area contributed by atoms with Crippen molar-refractivity contribution in [1.82, 2.24) is 0 Å². The van der Waals surface area contributed by atoms with Gasteiger partial charge in [-0.1, -0.05) is 0 Å². The first kappa shape index (κ1) is 8.10. The smallest absolute Gasteiger partial charge is 0.233 e. The minimum atomic E-state index is 0.536. The Hall–Kier alpha value is -1.51. The highest BCUT2D eigenvalue weighted by Gasteiger charge is 2.14. The summed E-state index contributed by atoms with van der Waals surface area (Å²) >= 11 is 0. The number of hydrogen-bond acceptors (Lipinski definition) is 3. The van der Waals surface area contributed by atoms with Gasteiger partial charge in [0.15, 0.2) is 0 Å². The molecule has 0 saturated carbocycles. The number of fused-ring (bicyclic) bond motifs is 1. The molecule has 13 heavy (non-hydrogen) atoms. The first-order chi connectivity index (χ1) is 6.31. The van der Waals surface area contributed by atoms with Crippen molar-refractivity contribution >= 4 is 12.0 Å². The van der Waals surface area contributed by atoms with E-state index >= 15 is 0 Å². The molecule has 0 saturated heterocycles. The number of anilines is 1. The molecular formula is C10H10NO2. The summed E-state index contributed by atoms with van der Waals surface area (Å²) in [6, 6.07) is 5.35. The second-order valence-corrected chi connectivity index (χ2v) is 3.05. The van der Waals surface area contributed by atoms with Crippen LogP contribution in [0.4, 0.5) is 5.69 Å². The van der Waals surface area contributed by atoms with Gasteiger partial charge in [0.25, 0.3) is 0 Å². The van der Waals surface area contributed by atoms with E-state index in [-0.39, 0.29) is 0 Å². The van der Waals surface area contributed by atoms with Crippen molar-refractivity contribution in [3.05, 3.63) is 23.8 Å². The van der Waals surface area contributed by atoms with E-state index in [1.54, 1.807) is 12.1 Å². The predicted molar refractivity (Wildman–Crippen MR) is 50.0 cm³/mol. The lowest BCUT2D eigenvalue weighted by atomic mass is 10.2. The molecule has 0 aliphatic carbocycles. The average molecular weight is 176 g/mol. The molecule has 0 unspecified atom stereocenters. The average Bonchev–Trinajstić information content (AvgIpc) is 2.18. The number of benzene rings is 1. The molecule has 1 heterocycles. The fourth-order valence-electron chi connectivity index (χ4n) is 1.42. The second-order valence-electron chi connectivity index (χ2n) is 3.05. The Labute approximate surface area is 76.9 Å². The first-order valence-electron chi connectivity index (χ1n) is 4.17. The molecule has 1 aliphatic heterocycles. The van der Waals surface area contributed by atoms with Crippen LogP contribution in [-0.2, 0) is 4.79 Å². The van der Waals surface area contributed by atoms with Crippen LogP contribution in [-0.4, -0.2) is 26.5 Å². The molecule has 0 aromatic heterocycles. The lowest BCUT2D eigenvalue weighted by Gasteiger charge is -2.27. The van der Waals surface area contributed by atoms with E-state index < -0.39 is 0 Å². The summed E-state index contributed by atoms with van der Waals surface area (Å²) in [6.45, 7) is 1.56. The molecule has 67 valence electrons. The zero-order chi connectivity index (χ0) is 9.26. The number of carbonyl (C=O) groups excluding carboxylic acids is 1. The van der Waals surface area contributed by atoms with E-state index in [0.717, 1.165) is 18.0 Å². The van der Waals surface area contributed by atoms with E-state index in [2.05, 4.69) is 4.90 Å². The van der Waals surface area contributed by atoms with Crippen molar-refractivity contribution in [2.24, 2.45) is 0 Å². The Morgan fingerprint density at radius 3 is 3.15 bits per heavy atom. The van der Waals surface area contributed by atoms with Gasteiger partial charge in [0, 0.05) is 12.6 Å². The van der Waals surface area contributed by atoms with Crippen LogP contribution < -0.4 is 9.64 Å². The van der Waals surface area contributed by atoms with Crippen LogP contribution in [0.5, 0.6) is 5.75 Å². The minimum Gasteiger partial charge on any atom is -0.490 e. The number of nitrogens with zero attached hydrogens (tertiary/aromatic N) is 1. The fraction of sp³-hybridized carbons (Fsp3) is 0.300. The van der Waals surface area contributed by atoms with Crippen molar-refractivity contribution < 1.29 is 9.53 Å². The van der Waals surface area contributed by atoms with Crippen molar-refractivity contribution in [2.45, 2.75) is 0 Å². The normalized spacial score (nSPS) is 14.7. The third-order valence-electron chi connectivity index (χ3n) is 2.17. The summed E-state index contributed by atoms with van der Waals surface area (Å²) in [5.41, 5.74) is 1.57. The summed E-state index contributed by atoms with van der Waals surface area (Å²) in [5, 5.41) is 0. The summed E-state index contributed by atoms with van der Waals surface area (Å²) in [7, 11) is 2.01. The maximum atomic E-state index is 10.4. The fourth-order valence-corrected chi connectivity index (χ4v) is 1.42. The van der Waals surface area contributed by atoms with Crippen LogP contribution in [0.3, 0.4) is 0 Å². The SMILES string of the molecule is CN1CCOc2cc([C]=O)ccc21. The molecule has 1 radical (unpaired) electrons. The number of rotatable bonds is 1. The minimum absolute atomic E-state index is 0.536. The van der Waals surface area contributed by atoms with Gasteiger partial charge in [-0.25, -0.2) is 0 Å². The quantitative estimate of drug-likeness (QED) is 0.638. The van der Waals surface area contributed by atoms with Crippen LogP contribution in [0.2, 0.25) is 0 Å². The van der Waals surface area contributed by atoms with Gasteiger partial charge in [0.2, 0.25) is 6.29 Å². The van der Waals surface area contributed by atoms with Gasteiger partial charge in [0.05, 0.1) is 12.2 Å². The molecule has 0 atom stereocenters. The molecule has 1 aliphatic rings. The first-order valence-corrected chi connectivity index (χ1v) is 4.17. The van der Waals surface area contributed by atoms with Gasteiger partial charge in [0.1, 0.15) is 12.4 Å². The molecule has 0 amide bonds. The van der Waals surface area contributed by atoms with Crippen LogP contribution in [0.25, 0.3) is 0 Å². The highest BCUT2D eigenvalue weighted by atomic mass is 16.5. The molecule has 1 aromatic rings. The zero-order valence-electron chi connectivity index (χ0n) is 7.41. The topological polar surface area (TPSA) is 29.5 Å². The predicted octanol–water partition coefficient (Wildman–Crippen LogP) is 0.973. The van der Waals surface area contributed by atoms with Crippen LogP contribution in [0.1, 0.15) is 5.56 Å². The molecule has 0 fully saturated rings. The molecular weight excluding hydrogens is 166 g/mol. The molecule has 3 nitrogen and oxygen atoms in total. The highest BCUT2D eigenvalue weighted by molar-refractivity contribution is 5.78. The Bertz CT molecular complexity index is 336. The standard InChI is InChI=1S/C10H10NO2/c1-11-4-5-13-10-6-8(7-12)2-3-9(10)11/h2-3,6H,4-5H2,1H3. The van der Waals surface area contributed by atoms with Crippen molar-refractivity contribution in [1.29, 1.82) is 0 Å². The van der Waals surface area contributed by atoms with E-state index in [0.29, 0.717) is 12.2 Å². The summed E-state index contributed by atoms with van der Waals surface area (Å²) in [4.78, 5) is 12.5. The maximum absolute atomic E-state index is 10.4. The van der Waals surface area contributed by atoms with Gasteiger partial charge in [-0.3, -0.25) is 4.79 Å². The molecule has 3 heteroatoms. The Kier molecular flexibility index (Phi) is 1.93. The number of hydrogen-bond donors (Lipinski definition) is 0. The monoisotopic (exact) mass is 176 g/mol. The molecule has 0 spiro atoms. The van der Waals surface area contributed by atoms with Crippen molar-refractivity contribution in [3.63, 3.8) is 0 Å². The van der Waals surface area contributed by atoms with Gasteiger partial charge >= 0.3 is 0 Å². The summed E-state index contributed by atoms with van der Waals surface area (Å²) in [5.74, 6) is 0.773. The van der Waals surface area contributed by atoms with Crippen molar-refractivity contribution in [3.8, 4) is 5.75 Å². The van der Waals surface area contributed by atoms with Gasteiger partial charge < -0.3 is 9.64 Å². The lowest BCUT2D eigenvalue weighted by molar-refractivity contribution is 0.311. The summed E-state index contributed by atoms with van der Waals surface area (Å²) < 4.78 is 5.42. The van der Waals surface area contributed by atoms with Crippen LogP contribution in [0, 0.1) is 0 Å². The number of ether oxygens (including phenoxy) is 1. The van der Waals surface area contributed by atoms with E-state index in [4.69, 9.17) is 4.74 Å². The third-order valence-corrected chi connectivity index (χ3v) is 2.17. The lowest BCUT2D eigenvalue weighted by Crippen LogP contribution is -2.28. The zero-order valence-corrected chi connectivity index (χ0v) is 7.41. The Balaban J connectivity index is 2.45. The number of likely N-dealkylation sites (N-methyl/N-ethyl adjacent to an activating group) is 1. The van der Waals surface area contributed by atoms with Crippen LogP contribution >= 0.6 is 0 Å². The molecule has 0 N–H and O–H groups in total. The highest BCUT2D eigenvalue weighted by Crippen LogP contribution is 2.30. The van der Waals surface area contributed by atoms with Crippen LogP contribution in [0.15, 0.2) is 18.2 Å². The van der Waals surface area contributed by atoms with Crippen molar-refractivity contribution in [2.75, 3.05) is 25.1 Å². The van der Waals surface area contributed by atoms with E-state index in [1.807, 2.05) is 19.4 Å². The Morgan fingerprint density at radius 2 is 2.38 bits per heavy atom. The Morgan fingerprint density at radius 1 is 1.54 bits per heavy atom. The molecule has 0 bridgehead atoms. The van der Waals surface area contributed by atoms with E-state index in [1.165, 1.54) is 0 Å². The maximum Gasteiger partial charge on any atom is 0.233 e. The second kappa shape index (κ2) is 3.09. The molecule has 1 aromatic carbocycles. The van der Waals surface area contributed by atoms with Gasteiger partial charge in [-0.15, -0.1) is 0 Å². The van der Waals surface area contributed by atoms with Gasteiger partial charge in [-0.2, -0.15) is 0 Å². The van der Waals surface area contributed by atoms with Gasteiger partial charge in [-0.05, 0) is 18.2 Å².